The molecule has 0 saturated heterocycles. The highest BCUT2D eigenvalue weighted by molar-refractivity contribution is 5.65. The third kappa shape index (κ3) is 1.36. The summed E-state index contributed by atoms with van der Waals surface area (Å²) in [6.45, 7) is 6.76. The van der Waals surface area contributed by atoms with E-state index in [-0.39, 0.29) is 0 Å². The topological polar surface area (TPSA) is 40.2 Å². The Morgan fingerprint density at radius 1 is 1.58 bits per heavy atom. The van der Waals surface area contributed by atoms with E-state index in [1.54, 1.807) is 25.2 Å². The van der Waals surface area contributed by atoms with Gasteiger partial charge in [0.15, 0.2) is 5.69 Å². The molecule has 0 unspecified atom stereocenters. The fraction of sp³-hybridized carbons (Fsp3) is 0.111. The molecule has 0 saturated carbocycles. The number of anilines is 1. The average Bonchev–Trinajstić information content (AvgIpc) is 2.16. The molecule has 1 rings (SSSR count). The molecular formula is C9H7N3. The number of nitrogens with zero attached hydrogens (tertiary/aromatic N) is 2. The zero-order chi connectivity index (χ0) is 8.97. The average molecular weight is 157 g/mol. The summed E-state index contributed by atoms with van der Waals surface area (Å²) in [5.41, 5.74) is 1.80. The van der Waals surface area contributed by atoms with Gasteiger partial charge in [0.05, 0.1) is 12.1 Å². The number of nitriles is 1. The summed E-state index contributed by atoms with van der Waals surface area (Å²) in [5, 5.41) is 11.5. The highest BCUT2D eigenvalue weighted by Crippen LogP contribution is 2.21. The zero-order valence-electron chi connectivity index (χ0n) is 6.63. The van der Waals surface area contributed by atoms with Crippen LogP contribution in [-0.2, 0) is 0 Å². The van der Waals surface area contributed by atoms with Gasteiger partial charge in [-0.3, -0.25) is 0 Å². The first kappa shape index (κ1) is 8.10. The number of benzene rings is 1. The molecule has 1 aromatic rings. The van der Waals surface area contributed by atoms with E-state index in [0.29, 0.717) is 16.9 Å². The quantitative estimate of drug-likeness (QED) is 0.634. The summed E-state index contributed by atoms with van der Waals surface area (Å²) in [7, 11) is 1.73. The lowest BCUT2D eigenvalue weighted by Gasteiger charge is -2.01. The second-order valence-corrected chi connectivity index (χ2v) is 2.20. The van der Waals surface area contributed by atoms with E-state index in [9.17, 15) is 0 Å². The molecule has 0 amide bonds. The van der Waals surface area contributed by atoms with Gasteiger partial charge < -0.3 is 5.32 Å². The van der Waals surface area contributed by atoms with E-state index in [1.165, 1.54) is 0 Å². The molecule has 0 aliphatic heterocycles. The summed E-state index contributed by atoms with van der Waals surface area (Å²) in [4.78, 5) is 3.26. The summed E-state index contributed by atoms with van der Waals surface area (Å²) >= 11 is 0. The van der Waals surface area contributed by atoms with Gasteiger partial charge in [-0.05, 0) is 6.07 Å². The maximum atomic E-state index is 8.65. The van der Waals surface area contributed by atoms with Crippen molar-refractivity contribution in [2.45, 2.75) is 0 Å². The van der Waals surface area contributed by atoms with Gasteiger partial charge in [-0.2, -0.15) is 5.26 Å². The normalized spacial score (nSPS) is 8.25. The van der Waals surface area contributed by atoms with E-state index >= 15 is 0 Å². The Balaban J connectivity index is 3.24. The van der Waals surface area contributed by atoms with Crippen LogP contribution in [0, 0.1) is 17.9 Å². The van der Waals surface area contributed by atoms with Crippen molar-refractivity contribution in [3.63, 3.8) is 0 Å². The Hall–Kier alpha value is -2.00. The predicted molar refractivity (Wildman–Crippen MR) is 47.0 cm³/mol. The molecule has 0 atom stereocenters. The largest absolute Gasteiger partial charge is 0.388 e. The maximum absolute atomic E-state index is 8.65. The summed E-state index contributed by atoms with van der Waals surface area (Å²) in [6, 6.07) is 6.96. The maximum Gasteiger partial charge on any atom is 0.189 e. The summed E-state index contributed by atoms with van der Waals surface area (Å²) in [5.74, 6) is 0. The summed E-state index contributed by atoms with van der Waals surface area (Å²) < 4.78 is 0. The minimum atomic E-state index is 0.540. The Morgan fingerprint density at radius 2 is 2.33 bits per heavy atom. The van der Waals surface area contributed by atoms with Gasteiger partial charge in [0, 0.05) is 12.7 Å². The molecule has 3 nitrogen and oxygen atoms in total. The van der Waals surface area contributed by atoms with Crippen LogP contribution in [0.4, 0.5) is 11.4 Å². The fourth-order valence-electron chi connectivity index (χ4n) is 0.906. The van der Waals surface area contributed by atoms with Crippen molar-refractivity contribution in [3.05, 3.63) is 35.2 Å². The monoisotopic (exact) mass is 157 g/mol. The first-order chi connectivity index (χ1) is 5.81. The number of rotatable bonds is 1. The van der Waals surface area contributed by atoms with Crippen molar-refractivity contribution in [2.24, 2.45) is 0 Å². The molecular weight excluding hydrogens is 150 g/mol. The van der Waals surface area contributed by atoms with Crippen LogP contribution in [0.25, 0.3) is 4.85 Å². The van der Waals surface area contributed by atoms with Crippen molar-refractivity contribution in [1.82, 2.24) is 0 Å². The van der Waals surface area contributed by atoms with Gasteiger partial charge in [-0.1, -0.05) is 12.1 Å². The standard InChI is InChI=1S/C9H7N3/c1-11-8-4-3-7(6-10)9(5-8)12-2/h3-5,12H,2H3. The minimum Gasteiger partial charge on any atom is -0.388 e. The molecule has 1 aromatic carbocycles. The van der Waals surface area contributed by atoms with Gasteiger partial charge in [-0.25, -0.2) is 4.85 Å². The van der Waals surface area contributed by atoms with Crippen molar-refractivity contribution in [3.8, 4) is 6.07 Å². The zero-order valence-corrected chi connectivity index (χ0v) is 6.63. The fourth-order valence-corrected chi connectivity index (χ4v) is 0.906. The molecule has 0 radical (unpaired) electrons. The highest BCUT2D eigenvalue weighted by Gasteiger charge is 1.99. The molecule has 0 spiro atoms. The van der Waals surface area contributed by atoms with Crippen molar-refractivity contribution in [1.29, 1.82) is 5.26 Å². The van der Waals surface area contributed by atoms with Crippen LogP contribution in [0.15, 0.2) is 18.2 Å². The minimum absolute atomic E-state index is 0.540. The van der Waals surface area contributed by atoms with Crippen LogP contribution in [0.1, 0.15) is 5.56 Å². The molecule has 0 bridgehead atoms. The van der Waals surface area contributed by atoms with Gasteiger partial charge >= 0.3 is 0 Å². The number of nitrogens with one attached hydrogen (secondary N) is 1. The molecule has 3 heteroatoms. The third-order valence-corrected chi connectivity index (χ3v) is 1.52. The number of hydrogen-bond acceptors (Lipinski definition) is 2. The molecule has 0 heterocycles. The Morgan fingerprint density at radius 3 is 2.83 bits per heavy atom. The van der Waals surface area contributed by atoms with Crippen LogP contribution in [0.5, 0.6) is 0 Å². The second-order valence-electron chi connectivity index (χ2n) is 2.20. The molecule has 0 aromatic heterocycles. The van der Waals surface area contributed by atoms with Gasteiger partial charge in [-0.15, -0.1) is 0 Å². The van der Waals surface area contributed by atoms with Crippen LogP contribution >= 0.6 is 0 Å². The Bertz CT molecular complexity index is 368. The second kappa shape index (κ2) is 3.41. The van der Waals surface area contributed by atoms with Crippen molar-refractivity contribution in [2.75, 3.05) is 12.4 Å². The molecule has 1 N–H and O–H groups in total. The molecule has 12 heavy (non-hydrogen) atoms. The summed E-state index contributed by atoms with van der Waals surface area (Å²) in [6.07, 6.45) is 0. The lowest BCUT2D eigenvalue weighted by molar-refractivity contribution is 1.44. The van der Waals surface area contributed by atoms with E-state index in [1.807, 2.05) is 6.07 Å². The Kier molecular flexibility index (Phi) is 2.30. The lowest BCUT2D eigenvalue weighted by atomic mass is 10.2. The highest BCUT2D eigenvalue weighted by atomic mass is 14.8. The van der Waals surface area contributed by atoms with E-state index in [4.69, 9.17) is 11.8 Å². The number of hydrogen-bond donors (Lipinski definition) is 1. The van der Waals surface area contributed by atoms with Crippen LogP contribution in [0.3, 0.4) is 0 Å². The first-order valence-corrected chi connectivity index (χ1v) is 3.41. The molecule has 58 valence electrons. The van der Waals surface area contributed by atoms with Crippen molar-refractivity contribution < 1.29 is 0 Å². The Labute approximate surface area is 71.1 Å². The first-order valence-electron chi connectivity index (χ1n) is 3.41. The van der Waals surface area contributed by atoms with E-state index in [0.717, 1.165) is 0 Å². The SMILES string of the molecule is [C-]#[N+]c1ccc(C#N)c(NC)c1. The van der Waals surface area contributed by atoms with Crippen LogP contribution < -0.4 is 5.32 Å². The smallest absolute Gasteiger partial charge is 0.189 e. The van der Waals surface area contributed by atoms with Crippen LogP contribution in [0.2, 0.25) is 0 Å². The lowest BCUT2D eigenvalue weighted by Crippen LogP contribution is -1.90. The van der Waals surface area contributed by atoms with Gasteiger partial charge in [0.1, 0.15) is 6.07 Å². The predicted octanol–water partition coefficient (Wildman–Crippen LogP) is 2.15. The van der Waals surface area contributed by atoms with Gasteiger partial charge in [0.25, 0.3) is 0 Å². The molecule has 0 aliphatic rings. The van der Waals surface area contributed by atoms with Gasteiger partial charge in [0.2, 0.25) is 0 Å². The van der Waals surface area contributed by atoms with Crippen molar-refractivity contribution >= 4 is 11.4 Å². The van der Waals surface area contributed by atoms with E-state index in [2.05, 4.69) is 10.2 Å². The van der Waals surface area contributed by atoms with Crippen LogP contribution in [-0.4, -0.2) is 7.05 Å². The molecule has 0 aliphatic carbocycles. The third-order valence-electron chi connectivity index (χ3n) is 1.52. The molecule has 0 fully saturated rings. The van der Waals surface area contributed by atoms with E-state index < -0.39 is 0 Å².